The Bertz CT molecular complexity index is 753. The lowest BCUT2D eigenvalue weighted by atomic mass is 10.1. The zero-order valence-corrected chi connectivity index (χ0v) is 16.3. The molecule has 1 aliphatic heterocycles. The Hall–Kier alpha value is -2.38. The summed E-state index contributed by atoms with van der Waals surface area (Å²) in [5, 5.41) is 6.96. The van der Waals surface area contributed by atoms with Crippen molar-refractivity contribution >= 4 is 5.91 Å². The first kappa shape index (κ1) is 19.4. The van der Waals surface area contributed by atoms with Gasteiger partial charge in [-0.1, -0.05) is 23.4 Å². The molecule has 1 aliphatic rings. The van der Waals surface area contributed by atoms with Gasteiger partial charge in [0.2, 0.25) is 5.91 Å². The van der Waals surface area contributed by atoms with Crippen molar-refractivity contribution < 1.29 is 14.1 Å². The van der Waals surface area contributed by atoms with E-state index in [0.717, 1.165) is 55.5 Å². The van der Waals surface area contributed by atoms with Crippen LogP contribution in [-0.4, -0.2) is 60.2 Å². The Morgan fingerprint density at radius 2 is 2.04 bits per heavy atom. The zero-order chi connectivity index (χ0) is 19.2. The summed E-state index contributed by atoms with van der Waals surface area (Å²) in [6, 6.07) is 9.55. The fourth-order valence-corrected chi connectivity index (χ4v) is 3.36. The van der Waals surface area contributed by atoms with Crippen molar-refractivity contribution in [3.05, 3.63) is 47.3 Å². The molecule has 0 spiro atoms. The minimum atomic E-state index is -0.158. The number of rotatable bonds is 7. The van der Waals surface area contributed by atoms with Crippen LogP contribution in [0, 0.1) is 6.92 Å². The summed E-state index contributed by atoms with van der Waals surface area (Å²) in [4.78, 5) is 17.1. The number of piperazine rings is 1. The van der Waals surface area contributed by atoms with Gasteiger partial charge in [-0.05, 0) is 19.9 Å². The van der Waals surface area contributed by atoms with Gasteiger partial charge in [0.25, 0.3) is 0 Å². The van der Waals surface area contributed by atoms with E-state index in [-0.39, 0.29) is 11.9 Å². The number of carbonyl (C=O) groups is 1. The smallest absolute Gasteiger partial charge is 0.237 e. The molecule has 1 N–H and O–H groups in total. The minimum absolute atomic E-state index is 0.0419. The van der Waals surface area contributed by atoms with Crippen LogP contribution in [0.3, 0.4) is 0 Å². The quantitative estimate of drug-likeness (QED) is 0.799. The number of nitrogens with one attached hydrogen (secondary N) is 1. The predicted octanol–water partition coefficient (Wildman–Crippen LogP) is 1.81. The summed E-state index contributed by atoms with van der Waals surface area (Å²) in [5.74, 6) is 1.73. The average molecular weight is 372 g/mol. The third kappa shape index (κ3) is 5.08. The monoisotopic (exact) mass is 372 g/mol. The first-order valence-corrected chi connectivity index (χ1v) is 9.35. The normalized spacial score (nSPS) is 16.9. The van der Waals surface area contributed by atoms with Gasteiger partial charge in [0.15, 0.2) is 5.76 Å². The lowest BCUT2D eigenvalue weighted by Gasteiger charge is -2.37. The first-order valence-electron chi connectivity index (χ1n) is 9.35. The molecule has 3 rings (SSSR count). The number of hydrogen-bond donors (Lipinski definition) is 1. The number of methoxy groups -OCH3 is 1. The Morgan fingerprint density at radius 1 is 1.30 bits per heavy atom. The second-order valence-electron chi connectivity index (χ2n) is 6.95. The van der Waals surface area contributed by atoms with Gasteiger partial charge in [-0.25, -0.2) is 0 Å². The van der Waals surface area contributed by atoms with Crippen LogP contribution in [0.1, 0.15) is 23.9 Å². The highest BCUT2D eigenvalue weighted by Gasteiger charge is 2.26. The zero-order valence-electron chi connectivity index (χ0n) is 16.3. The van der Waals surface area contributed by atoms with Crippen LogP contribution >= 0.6 is 0 Å². The molecule has 1 saturated heterocycles. The van der Waals surface area contributed by atoms with E-state index in [1.54, 1.807) is 7.11 Å². The van der Waals surface area contributed by atoms with Crippen LogP contribution < -0.4 is 10.1 Å². The van der Waals surface area contributed by atoms with Gasteiger partial charge >= 0.3 is 0 Å². The molecule has 1 aromatic heterocycles. The maximum absolute atomic E-state index is 12.6. The molecule has 27 heavy (non-hydrogen) atoms. The molecule has 1 fully saturated rings. The number of carbonyl (C=O) groups excluding carboxylic acids is 1. The number of amides is 1. The molecule has 0 bridgehead atoms. The van der Waals surface area contributed by atoms with E-state index in [2.05, 4.69) is 20.3 Å². The summed E-state index contributed by atoms with van der Waals surface area (Å²) in [7, 11) is 1.64. The van der Waals surface area contributed by atoms with E-state index in [1.807, 2.05) is 44.2 Å². The van der Waals surface area contributed by atoms with E-state index < -0.39 is 0 Å². The van der Waals surface area contributed by atoms with Crippen LogP contribution in [0.15, 0.2) is 34.9 Å². The van der Waals surface area contributed by atoms with Gasteiger partial charge in [0.05, 0.1) is 25.4 Å². The number of hydrogen-bond acceptors (Lipinski definition) is 6. The van der Waals surface area contributed by atoms with E-state index in [0.29, 0.717) is 6.54 Å². The van der Waals surface area contributed by atoms with Crippen LogP contribution in [-0.2, 0) is 17.9 Å². The number of ether oxygens (including phenoxy) is 1. The molecule has 1 atom stereocenters. The summed E-state index contributed by atoms with van der Waals surface area (Å²) in [5.41, 5.74) is 1.89. The molecule has 7 heteroatoms. The Kier molecular flexibility index (Phi) is 6.47. The third-order valence-electron chi connectivity index (χ3n) is 5.04. The number of nitrogens with zero attached hydrogens (tertiary/aromatic N) is 3. The highest BCUT2D eigenvalue weighted by molar-refractivity contribution is 5.81. The van der Waals surface area contributed by atoms with Gasteiger partial charge in [-0.2, -0.15) is 0 Å². The van der Waals surface area contributed by atoms with Gasteiger partial charge in [-0.15, -0.1) is 0 Å². The van der Waals surface area contributed by atoms with Crippen molar-refractivity contribution in [3.63, 3.8) is 0 Å². The number of aromatic nitrogens is 1. The summed E-state index contributed by atoms with van der Waals surface area (Å²) in [6.07, 6.45) is 0. The Labute approximate surface area is 160 Å². The van der Waals surface area contributed by atoms with Crippen LogP contribution in [0.4, 0.5) is 0 Å². The standard InChI is InChI=1S/C20H28N4O3/c1-15-12-18(27-22-15)14-23-8-10-24(11-9-23)16(2)20(25)21-13-17-6-4-5-7-19(17)26-3/h4-7,12,16H,8-11,13-14H2,1-3H3,(H,21,25). The van der Waals surface area contributed by atoms with Crippen LogP contribution in [0.25, 0.3) is 0 Å². The van der Waals surface area contributed by atoms with Crippen molar-refractivity contribution in [1.82, 2.24) is 20.3 Å². The fourth-order valence-electron chi connectivity index (χ4n) is 3.36. The Morgan fingerprint density at radius 3 is 2.70 bits per heavy atom. The number of para-hydroxylation sites is 1. The maximum atomic E-state index is 12.6. The molecule has 1 aromatic carbocycles. The van der Waals surface area contributed by atoms with Gasteiger partial charge in [0, 0.05) is 44.4 Å². The second-order valence-corrected chi connectivity index (χ2v) is 6.95. The first-order chi connectivity index (χ1) is 13.1. The third-order valence-corrected chi connectivity index (χ3v) is 5.04. The van der Waals surface area contributed by atoms with Crippen molar-refractivity contribution in [3.8, 4) is 5.75 Å². The summed E-state index contributed by atoms with van der Waals surface area (Å²) in [6.45, 7) is 8.66. The molecule has 2 heterocycles. The van der Waals surface area contributed by atoms with Crippen LogP contribution in [0.5, 0.6) is 5.75 Å². The number of aryl methyl sites for hydroxylation is 1. The lowest BCUT2D eigenvalue weighted by Crippen LogP contribution is -2.53. The summed E-state index contributed by atoms with van der Waals surface area (Å²) >= 11 is 0. The van der Waals surface area contributed by atoms with Crippen molar-refractivity contribution in [2.24, 2.45) is 0 Å². The molecule has 0 radical (unpaired) electrons. The minimum Gasteiger partial charge on any atom is -0.496 e. The van der Waals surface area contributed by atoms with E-state index in [1.165, 1.54) is 0 Å². The molecule has 2 aromatic rings. The van der Waals surface area contributed by atoms with E-state index in [4.69, 9.17) is 9.26 Å². The fraction of sp³-hybridized carbons (Fsp3) is 0.500. The maximum Gasteiger partial charge on any atom is 0.237 e. The van der Waals surface area contributed by atoms with Crippen molar-refractivity contribution in [2.45, 2.75) is 33.0 Å². The van der Waals surface area contributed by atoms with Crippen molar-refractivity contribution in [1.29, 1.82) is 0 Å². The Balaban J connectivity index is 1.45. The summed E-state index contributed by atoms with van der Waals surface area (Å²) < 4.78 is 10.6. The topological polar surface area (TPSA) is 70.8 Å². The average Bonchev–Trinajstić information content (AvgIpc) is 3.11. The molecule has 146 valence electrons. The lowest BCUT2D eigenvalue weighted by molar-refractivity contribution is -0.126. The van der Waals surface area contributed by atoms with Crippen molar-refractivity contribution in [2.75, 3.05) is 33.3 Å². The highest BCUT2D eigenvalue weighted by atomic mass is 16.5. The van der Waals surface area contributed by atoms with Crippen LogP contribution in [0.2, 0.25) is 0 Å². The molecular formula is C20H28N4O3. The second kappa shape index (κ2) is 9.01. The largest absolute Gasteiger partial charge is 0.496 e. The molecule has 7 nitrogen and oxygen atoms in total. The predicted molar refractivity (Wildman–Crippen MR) is 102 cm³/mol. The molecule has 0 aliphatic carbocycles. The van der Waals surface area contributed by atoms with E-state index in [9.17, 15) is 4.79 Å². The van der Waals surface area contributed by atoms with Gasteiger partial charge < -0.3 is 14.6 Å². The molecular weight excluding hydrogens is 344 g/mol. The van der Waals surface area contributed by atoms with Gasteiger partial charge in [0.1, 0.15) is 5.75 Å². The molecule has 1 unspecified atom stereocenters. The van der Waals surface area contributed by atoms with E-state index >= 15 is 0 Å². The highest BCUT2D eigenvalue weighted by Crippen LogP contribution is 2.17. The number of benzene rings is 1. The van der Waals surface area contributed by atoms with Gasteiger partial charge in [-0.3, -0.25) is 14.6 Å². The SMILES string of the molecule is COc1ccccc1CNC(=O)C(C)N1CCN(Cc2cc(C)no2)CC1. The molecule has 1 amide bonds. The molecule has 0 saturated carbocycles.